The minimum absolute atomic E-state index is 0.267. The van der Waals surface area contributed by atoms with Crippen molar-refractivity contribution in [2.75, 3.05) is 0 Å². The van der Waals surface area contributed by atoms with Crippen LogP contribution in [-0.2, 0) is 17.6 Å². The molecule has 1 unspecified atom stereocenters. The number of fused-ring (bicyclic) bond motifs is 1. The van der Waals surface area contributed by atoms with Crippen LogP contribution in [-0.4, -0.2) is 33.7 Å². The summed E-state index contributed by atoms with van der Waals surface area (Å²) >= 11 is 0. The van der Waals surface area contributed by atoms with Crippen molar-refractivity contribution in [2.45, 2.75) is 38.3 Å². The Morgan fingerprint density at radius 3 is 2.46 bits per heavy atom. The molecule has 0 aliphatic carbocycles. The van der Waals surface area contributed by atoms with Crippen molar-refractivity contribution in [3.05, 3.63) is 71.9 Å². The van der Waals surface area contributed by atoms with Gasteiger partial charge in [0.25, 0.3) is 0 Å². The van der Waals surface area contributed by atoms with Gasteiger partial charge in [-0.25, -0.2) is 4.79 Å². The molecule has 6 heteroatoms. The van der Waals surface area contributed by atoms with Crippen LogP contribution >= 0.6 is 0 Å². The third kappa shape index (κ3) is 4.91. The van der Waals surface area contributed by atoms with Gasteiger partial charge in [-0.2, -0.15) is 0 Å². The zero-order chi connectivity index (χ0) is 20.1. The molecule has 0 saturated heterocycles. The van der Waals surface area contributed by atoms with Crippen LogP contribution in [0.3, 0.4) is 0 Å². The van der Waals surface area contributed by atoms with E-state index in [2.05, 4.69) is 15.6 Å². The quantitative estimate of drug-likeness (QED) is 0.506. The van der Waals surface area contributed by atoms with Gasteiger partial charge in [-0.15, -0.1) is 0 Å². The second-order valence-electron chi connectivity index (χ2n) is 7.60. The number of H-pyrrole nitrogens is 1. The number of carbonyl (C=O) groups excluding carboxylic acids is 1. The predicted molar refractivity (Wildman–Crippen MR) is 109 cm³/mol. The van der Waals surface area contributed by atoms with Crippen LogP contribution in [0.2, 0.25) is 0 Å². The summed E-state index contributed by atoms with van der Waals surface area (Å²) in [6.45, 7) is 3.86. The lowest BCUT2D eigenvalue weighted by atomic mass is 9.94. The molecular weight excluding hydrogens is 354 g/mol. The van der Waals surface area contributed by atoms with Crippen molar-refractivity contribution in [1.29, 1.82) is 0 Å². The number of para-hydroxylation sites is 1. The summed E-state index contributed by atoms with van der Waals surface area (Å²) in [5.41, 5.74) is 2.44. The fraction of sp³-hybridized carbons (Fsp3) is 0.273. The van der Waals surface area contributed by atoms with Gasteiger partial charge in [-0.3, -0.25) is 4.79 Å². The maximum Gasteiger partial charge on any atom is 0.405 e. The van der Waals surface area contributed by atoms with Crippen LogP contribution in [0.4, 0.5) is 4.79 Å². The predicted octanol–water partition coefficient (Wildman–Crippen LogP) is 3.48. The molecule has 3 aromatic rings. The molecular formula is C22H25N3O3. The lowest BCUT2D eigenvalue weighted by Gasteiger charge is -2.29. The average molecular weight is 379 g/mol. The molecule has 3 rings (SSSR count). The number of carbonyl (C=O) groups is 2. The molecule has 2 aromatic carbocycles. The number of hydrogen-bond acceptors (Lipinski definition) is 2. The number of hydrogen-bond donors (Lipinski definition) is 4. The second kappa shape index (κ2) is 8.17. The van der Waals surface area contributed by atoms with Gasteiger partial charge in [0.15, 0.2) is 0 Å². The molecule has 0 aliphatic rings. The molecule has 0 radical (unpaired) electrons. The molecule has 146 valence electrons. The first-order chi connectivity index (χ1) is 13.3. The van der Waals surface area contributed by atoms with E-state index in [0.29, 0.717) is 6.42 Å². The fourth-order valence-electron chi connectivity index (χ4n) is 3.45. The van der Waals surface area contributed by atoms with E-state index in [1.54, 1.807) is 0 Å². The molecule has 2 amide bonds. The van der Waals surface area contributed by atoms with E-state index in [-0.39, 0.29) is 12.3 Å². The van der Waals surface area contributed by atoms with E-state index >= 15 is 0 Å². The first-order valence-corrected chi connectivity index (χ1v) is 9.24. The van der Waals surface area contributed by atoms with Gasteiger partial charge >= 0.3 is 6.09 Å². The Labute approximate surface area is 164 Å². The summed E-state index contributed by atoms with van der Waals surface area (Å²) in [6.07, 6.45) is 1.51. The summed E-state index contributed by atoms with van der Waals surface area (Å²) < 4.78 is 0. The number of carboxylic acid groups (broad SMARTS) is 1. The lowest BCUT2D eigenvalue weighted by Crippen LogP contribution is -2.54. The molecule has 0 aliphatic heterocycles. The van der Waals surface area contributed by atoms with Crippen LogP contribution in [0, 0.1) is 0 Å². The monoisotopic (exact) mass is 379 g/mol. The number of amides is 2. The molecule has 0 spiro atoms. The van der Waals surface area contributed by atoms with Gasteiger partial charge in [-0.05, 0) is 37.5 Å². The zero-order valence-electron chi connectivity index (χ0n) is 16.0. The molecule has 4 N–H and O–H groups in total. The van der Waals surface area contributed by atoms with Gasteiger partial charge in [0.05, 0.1) is 0 Å². The number of rotatable bonds is 7. The third-order valence-electron chi connectivity index (χ3n) is 4.66. The largest absolute Gasteiger partial charge is 0.465 e. The van der Waals surface area contributed by atoms with E-state index in [9.17, 15) is 14.7 Å². The van der Waals surface area contributed by atoms with Gasteiger partial charge in [-0.1, -0.05) is 48.5 Å². The lowest BCUT2D eigenvalue weighted by molar-refractivity contribution is -0.124. The van der Waals surface area contributed by atoms with Crippen LogP contribution in [0.15, 0.2) is 60.8 Å². The first-order valence-electron chi connectivity index (χ1n) is 9.24. The molecule has 1 heterocycles. The SMILES string of the molecule is CC(C)(Cc1ccccc1)NC(=O)C(Cc1c[nH]c2ccccc12)NC(=O)O. The van der Waals surface area contributed by atoms with E-state index in [1.165, 1.54) is 0 Å². The molecule has 0 fully saturated rings. The molecule has 6 nitrogen and oxygen atoms in total. The van der Waals surface area contributed by atoms with Gasteiger partial charge in [0.1, 0.15) is 6.04 Å². The Hall–Kier alpha value is -3.28. The van der Waals surface area contributed by atoms with Gasteiger partial charge < -0.3 is 20.7 Å². The molecule has 1 aromatic heterocycles. The van der Waals surface area contributed by atoms with Crippen molar-refractivity contribution in [3.63, 3.8) is 0 Å². The maximum absolute atomic E-state index is 12.9. The van der Waals surface area contributed by atoms with E-state index in [1.807, 2.05) is 74.6 Å². The van der Waals surface area contributed by atoms with Crippen LogP contribution in [0.25, 0.3) is 10.9 Å². The summed E-state index contributed by atoms with van der Waals surface area (Å²) in [6, 6.07) is 16.7. The smallest absolute Gasteiger partial charge is 0.405 e. The highest BCUT2D eigenvalue weighted by Gasteiger charge is 2.28. The van der Waals surface area contributed by atoms with Gasteiger partial charge in [0, 0.05) is 29.1 Å². The highest BCUT2D eigenvalue weighted by atomic mass is 16.4. The van der Waals surface area contributed by atoms with Crippen molar-refractivity contribution in [1.82, 2.24) is 15.6 Å². The second-order valence-corrected chi connectivity index (χ2v) is 7.60. The average Bonchev–Trinajstić information content (AvgIpc) is 3.04. The minimum Gasteiger partial charge on any atom is -0.465 e. The van der Waals surface area contributed by atoms with Crippen molar-refractivity contribution in [3.8, 4) is 0 Å². The maximum atomic E-state index is 12.9. The number of nitrogens with one attached hydrogen (secondary N) is 3. The van der Waals surface area contributed by atoms with Crippen LogP contribution < -0.4 is 10.6 Å². The highest BCUT2D eigenvalue weighted by molar-refractivity contribution is 5.88. The highest BCUT2D eigenvalue weighted by Crippen LogP contribution is 2.20. The van der Waals surface area contributed by atoms with Crippen LogP contribution in [0.1, 0.15) is 25.0 Å². The molecule has 1 atom stereocenters. The summed E-state index contributed by atoms with van der Waals surface area (Å²) in [7, 11) is 0. The zero-order valence-corrected chi connectivity index (χ0v) is 16.0. The molecule has 0 bridgehead atoms. The Bertz CT molecular complexity index is 963. The minimum atomic E-state index is -1.22. The van der Waals surface area contributed by atoms with E-state index < -0.39 is 17.7 Å². The summed E-state index contributed by atoms with van der Waals surface area (Å²) in [5.74, 6) is -0.339. The normalized spacial score (nSPS) is 12.5. The Kier molecular flexibility index (Phi) is 5.68. The van der Waals surface area contributed by atoms with Crippen molar-refractivity contribution in [2.24, 2.45) is 0 Å². The Morgan fingerprint density at radius 1 is 1.07 bits per heavy atom. The third-order valence-corrected chi connectivity index (χ3v) is 4.66. The molecule has 28 heavy (non-hydrogen) atoms. The van der Waals surface area contributed by atoms with Crippen molar-refractivity contribution < 1.29 is 14.7 Å². The summed E-state index contributed by atoms with van der Waals surface area (Å²) in [4.78, 5) is 27.3. The number of benzene rings is 2. The van der Waals surface area contributed by atoms with Gasteiger partial charge in [0.2, 0.25) is 5.91 Å². The van der Waals surface area contributed by atoms with E-state index in [0.717, 1.165) is 22.0 Å². The van der Waals surface area contributed by atoms with Crippen molar-refractivity contribution >= 4 is 22.9 Å². The van der Waals surface area contributed by atoms with E-state index in [4.69, 9.17) is 0 Å². The standard InChI is InChI=1S/C22H25N3O3/c1-22(2,13-15-8-4-3-5-9-15)25-20(26)19(24-21(27)28)12-16-14-23-18-11-7-6-10-17(16)18/h3-11,14,19,23-24H,12-13H2,1-2H3,(H,25,26)(H,27,28). The first kappa shape index (κ1) is 19.5. The van der Waals surface area contributed by atoms with Crippen LogP contribution in [0.5, 0.6) is 0 Å². The topological polar surface area (TPSA) is 94.2 Å². The molecule has 0 saturated carbocycles. The number of aromatic nitrogens is 1. The Balaban J connectivity index is 1.75. The number of aromatic amines is 1. The summed E-state index contributed by atoms with van der Waals surface area (Å²) in [5, 5.41) is 15.5. The Morgan fingerprint density at radius 2 is 1.75 bits per heavy atom. The fourth-order valence-corrected chi connectivity index (χ4v) is 3.45.